The van der Waals surface area contributed by atoms with Crippen LogP contribution < -0.4 is 5.32 Å². The number of likely N-dealkylation sites (N-methyl/N-ethyl adjacent to an activating group) is 1. The fraction of sp³-hybridized carbons (Fsp3) is 1.00. The summed E-state index contributed by atoms with van der Waals surface area (Å²) in [6, 6.07) is 0.718. The number of hydrogen-bond donors (Lipinski definition) is 1. The summed E-state index contributed by atoms with van der Waals surface area (Å²) >= 11 is 0. The molecule has 0 radical (unpaired) electrons. The zero-order valence-corrected chi connectivity index (χ0v) is 10.9. The maximum atomic E-state index is 3.59. The Morgan fingerprint density at radius 3 is 2.81 bits per heavy atom. The van der Waals surface area contributed by atoms with E-state index in [2.05, 4.69) is 29.1 Å². The molecule has 0 spiro atoms. The lowest BCUT2D eigenvalue weighted by atomic mass is 10.2. The maximum Gasteiger partial charge on any atom is 0.0195 e. The quantitative estimate of drug-likeness (QED) is 0.705. The van der Waals surface area contributed by atoms with Crippen LogP contribution in [0.1, 0.15) is 26.2 Å². The summed E-state index contributed by atoms with van der Waals surface area (Å²) in [7, 11) is 2.24. The Morgan fingerprint density at radius 1 is 1.25 bits per heavy atom. The van der Waals surface area contributed by atoms with Gasteiger partial charge in [-0.15, -0.1) is 0 Å². The van der Waals surface area contributed by atoms with E-state index in [0.29, 0.717) is 0 Å². The van der Waals surface area contributed by atoms with Gasteiger partial charge in [0.15, 0.2) is 0 Å². The van der Waals surface area contributed by atoms with Crippen LogP contribution in [0.3, 0.4) is 0 Å². The van der Waals surface area contributed by atoms with Gasteiger partial charge in [0.25, 0.3) is 0 Å². The first-order valence-corrected chi connectivity index (χ1v) is 6.89. The second-order valence-electron chi connectivity index (χ2n) is 5.65. The molecule has 0 amide bonds. The van der Waals surface area contributed by atoms with Gasteiger partial charge in [-0.2, -0.15) is 0 Å². The second kappa shape index (κ2) is 5.99. The van der Waals surface area contributed by atoms with Gasteiger partial charge in [0.2, 0.25) is 0 Å². The fourth-order valence-corrected chi connectivity index (χ4v) is 2.60. The smallest absolute Gasteiger partial charge is 0.0195 e. The Morgan fingerprint density at radius 2 is 2.06 bits per heavy atom. The topological polar surface area (TPSA) is 18.5 Å². The number of nitrogens with zero attached hydrogens (tertiary/aromatic N) is 2. The molecule has 1 aliphatic heterocycles. The average Bonchev–Trinajstić information content (AvgIpc) is 3.04. The molecule has 3 heteroatoms. The van der Waals surface area contributed by atoms with Crippen molar-refractivity contribution in [3.05, 3.63) is 0 Å². The molecule has 2 fully saturated rings. The van der Waals surface area contributed by atoms with Crippen molar-refractivity contribution < 1.29 is 0 Å². The fourth-order valence-electron chi connectivity index (χ4n) is 2.60. The predicted molar refractivity (Wildman–Crippen MR) is 68.7 cm³/mol. The van der Waals surface area contributed by atoms with Crippen LogP contribution in [-0.4, -0.2) is 62.2 Å². The third-order valence-electron chi connectivity index (χ3n) is 3.89. The Bertz CT molecular complexity index is 203. The summed E-state index contributed by atoms with van der Waals surface area (Å²) in [6.07, 6.45) is 4.24. The van der Waals surface area contributed by atoms with Crippen molar-refractivity contribution >= 4 is 0 Å². The lowest BCUT2D eigenvalue weighted by Gasteiger charge is -2.27. The molecule has 0 aromatic heterocycles. The summed E-state index contributed by atoms with van der Waals surface area (Å²) in [5.41, 5.74) is 0. The van der Waals surface area contributed by atoms with Crippen molar-refractivity contribution in [3.8, 4) is 0 Å². The van der Waals surface area contributed by atoms with Gasteiger partial charge in [0, 0.05) is 25.7 Å². The minimum absolute atomic E-state index is 0.718. The van der Waals surface area contributed by atoms with Crippen LogP contribution in [0.25, 0.3) is 0 Å². The number of nitrogens with one attached hydrogen (secondary N) is 1. The molecule has 0 aromatic rings. The first-order chi connectivity index (χ1) is 7.75. The van der Waals surface area contributed by atoms with Crippen molar-refractivity contribution in [3.63, 3.8) is 0 Å². The summed E-state index contributed by atoms with van der Waals surface area (Å²) in [6.45, 7) is 9.77. The third-order valence-corrected chi connectivity index (χ3v) is 3.89. The van der Waals surface area contributed by atoms with Gasteiger partial charge < -0.3 is 10.2 Å². The van der Waals surface area contributed by atoms with E-state index in [1.807, 2.05) is 0 Å². The Kier molecular flexibility index (Phi) is 4.62. The average molecular weight is 225 g/mol. The van der Waals surface area contributed by atoms with Crippen molar-refractivity contribution in [1.29, 1.82) is 0 Å². The van der Waals surface area contributed by atoms with Crippen LogP contribution in [0, 0.1) is 5.92 Å². The highest BCUT2D eigenvalue weighted by atomic mass is 15.2. The minimum atomic E-state index is 0.718. The van der Waals surface area contributed by atoms with Crippen LogP contribution in [0.4, 0.5) is 0 Å². The second-order valence-corrected chi connectivity index (χ2v) is 5.65. The van der Waals surface area contributed by atoms with Crippen molar-refractivity contribution in [2.45, 2.75) is 32.2 Å². The highest BCUT2D eigenvalue weighted by Crippen LogP contribution is 2.27. The molecule has 1 aliphatic carbocycles. The van der Waals surface area contributed by atoms with Crippen molar-refractivity contribution in [2.24, 2.45) is 5.92 Å². The maximum absolute atomic E-state index is 3.59. The predicted octanol–water partition coefficient (Wildman–Crippen LogP) is 1.01. The van der Waals surface area contributed by atoms with E-state index in [0.717, 1.165) is 12.0 Å². The highest BCUT2D eigenvalue weighted by Gasteiger charge is 2.21. The van der Waals surface area contributed by atoms with Gasteiger partial charge in [0.05, 0.1) is 0 Å². The first kappa shape index (κ1) is 12.3. The van der Waals surface area contributed by atoms with Crippen molar-refractivity contribution in [2.75, 3.05) is 46.3 Å². The van der Waals surface area contributed by atoms with E-state index in [-0.39, 0.29) is 0 Å². The van der Waals surface area contributed by atoms with Crippen LogP contribution in [0.15, 0.2) is 0 Å². The minimum Gasteiger partial charge on any atom is -0.315 e. The van der Waals surface area contributed by atoms with E-state index < -0.39 is 0 Å². The summed E-state index contributed by atoms with van der Waals surface area (Å²) in [5.74, 6) is 1.01. The van der Waals surface area contributed by atoms with Gasteiger partial charge in [-0.05, 0) is 58.8 Å². The molecule has 1 saturated heterocycles. The van der Waals surface area contributed by atoms with E-state index in [9.17, 15) is 0 Å². The molecule has 2 rings (SSSR count). The molecular weight excluding hydrogens is 198 g/mol. The third kappa shape index (κ3) is 4.04. The Labute approximate surface area is 100 Å². The summed E-state index contributed by atoms with van der Waals surface area (Å²) in [5, 5.41) is 3.59. The molecular formula is C13H27N3. The van der Waals surface area contributed by atoms with Crippen LogP contribution in [-0.2, 0) is 0 Å². The molecule has 1 saturated carbocycles. The van der Waals surface area contributed by atoms with Crippen LogP contribution in [0.5, 0.6) is 0 Å². The zero-order chi connectivity index (χ0) is 11.4. The molecule has 0 bridgehead atoms. The standard InChI is InChI=1S/C13H27N3/c1-12-11-15(2)7-3-8-16(12)9-6-14-10-13-4-5-13/h12-14H,3-11H2,1-2H3. The molecule has 1 heterocycles. The zero-order valence-electron chi connectivity index (χ0n) is 10.9. The van der Waals surface area contributed by atoms with Gasteiger partial charge in [-0.3, -0.25) is 4.90 Å². The van der Waals surface area contributed by atoms with E-state index in [4.69, 9.17) is 0 Å². The summed E-state index contributed by atoms with van der Waals surface area (Å²) < 4.78 is 0. The molecule has 0 aromatic carbocycles. The lowest BCUT2D eigenvalue weighted by molar-refractivity contribution is 0.202. The lowest BCUT2D eigenvalue weighted by Crippen LogP contribution is -2.41. The van der Waals surface area contributed by atoms with Crippen molar-refractivity contribution in [1.82, 2.24) is 15.1 Å². The Hall–Kier alpha value is -0.120. The van der Waals surface area contributed by atoms with E-state index in [1.54, 1.807) is 0 Å². The summed E-state index contributed by atoms with van der Waals surface area (Å²) in [4.78, 5) is 5.10. The molecule has 3 nitrogen and oxygen atoms in total. The van der Waals surface area contributed by atoms with E-state index >= 15 is 0 Å². The highest BCUT2D eigenvalue weighted by molar-refractivity contribution is 4.78. The van der Waals surface area contributed by atoms with Gasteiger partial charge >= 0.3 is 0 Å². The molecule has 1 atom stereocenters. The largest absolute Gasteiger partial charge is 0.315 e. The first-order valence-electron chi connectivity index (χ1n) is 6.89. The van der Waals surface area contributed by atoms with Crippen LogP contribution >= 0.6 is 0 Å². The molecule has 1 N–H and O–H groups in total. The van der Waals surface area contributed by atoms with Gasteiger partial charge in [0.1, 0.15) is 0 Å². The number of hydrogen-bond acceptors (Lipinski definition) is 3. The Balaban J connectivity index is 1.62. The number of rotatable bonds is 5. The van der Waals surface area contributed by atoms with Gasteiger partial charge in [-0.25, -0.2) is 0 Å². The van der Waals surface area contributed by atoms with Crippen LogP contribution in [0.2, 0.25) is 0 Å². The normalized spacial score (nSPS) is 29.2. The monoisotopic (exact) mass is 225 g/mol. The van der Waals surface area contributed by atoms with E-state index in [1.165, 1.54) is 58.5 Å². The molecule has 94 valence electrons. The molecule has 1 unspecified atom stereocenters. The molecule has 16 heavy (non-hydrogen) atoms. The molecule has 2 aliphatic rings. The SMILES string of the molecule is CC1CN(C)CCCN1CCNCC1CC1. The van der Waals surface area contributed by atoms with Gasteiger partial charge in [-0.1, -0.05) is 0 Å².